The van der Waals surface area contributed by atoms with Crippen LogP contribution in [-0.4, -0.2) is 15.8 Å². The molecule has 0 saturated heterocycles. The zero-order valence-corrected chi connectivity index (χ0v) is 10.0. The zero-order chi connectivity index (χ0) is 11.8. The van der Waals surface area contributed by atoms with E-state index in [2.05, 4.69) is 13.8 Å². The maximum atomic E-state index is 10.7. The van der Waals surface area contributed by atoms with Gasteiger partial charge in [-0.25, -0.2) is 0 Å². The average molecular weight is 220 g/mol. The molecule has 1 aromatic carbocycles. The summed E-state index contributed by atoms with van der Waals surface area (Å²) in [5.74, 6) is 0.275. The molecule has 1 fully saturated rings. The molecule has 1 unspecified atom stereocenters. The molecule has 0 radical (unpaired) electrons. The maximum absolute atomic E-state index is 10.7. The number of phenols is 1. The van der Waals surface area contributed by atoms with Crippen molar-refractivity contribution in [1.82, 2.24) is 0 Å². The van der Waals surface area contributed by atoms with E-state index in [4.69, 9.17) is 0 Å². The Bertz CT molecular complexity index is 384. The third-order valence-corrected chi connectivity index (χ3v) is 4.06. The van der Waals surface area contributed by atoms with Crippen molar-refractivity contribution in [1.29, 1.82) is 0 Å². The molecule has 2 N–H and O–H groups in total. The molecular formula is C14H20O2. The van der Waals surface area contributed by atoms with E-state index in [0.29, 0.717) is 6.42 Å². The first-order chi connectivity index (χ1) is 7.43. The lowest BCUT2D eigenvalue weighted by Crippen LogP contribution is -2.41. The molecule has 16 heavy (non-hydrogen) atoms. The molecule has 0 aliphatic heterocycles. The summed E-state index contributed by atoms with van der Waals surface area (Å²) in [4.78, 5) is 0. The van der Waals surface area contributed by atoms with Crippen molar-refractivity contribution >= 4 is 0 Å². The highest BCUT2D eigenvalue weighted by atomic mass is 16.3. The Morgan fingerprint density at radius 2 is 2.00 bits per heavy atom. The predicted molar refractivity (Wildman–Crippen MR) is 64.4 cm³/mol. The van der Waals surface area contributed by atoms with Crippen molar-refractivity contribution in [2.24, 2.45) is 5.41 Å². The molecule has 0 bridgehead atoms. The Kier molecular flexibility index (Phi) is 2.70. The van der Waals surface area contributed by atoms with Crippen LogP contribution in [0.3, 0.4) is 0 Å². The van der Waals surface area contributed by atoms with Gasteiger partial charge in [-0.05, 0) is 42.4 Å². The molecule has 0 heterocycles. The van der Waals surface area contributed by atoms with Gasteiger partial charge < -0.3 is 10.2 Å². The van der Waals surface area contributed by atoms with E-state index in [0.717, 1.165) is 24.8 Å². The van der Waals surface area contributed by atoms with Crippen LogP contribution in [0.15, 0.2) is 24.3 Å². The Balaban J connectivity index is 2.21. The number of hydrogen-bond donors (Lipinski definition) is 2. The fraction of sp³-hybridized carbons (Fsp3) is 0.571. The molecule has 0 spiro atoms. The molecule has 2 nitrogen and oxygen atoms in total. The summed E-state index contributed by atoms with van der Waals surface area (Å²) in [6, 6.07) is 7.20. The Hall–Kier alpha value is -1.02. The highest BCUT2D eigenvalue weighted by Gasteiger charge is 2.47. The van der Waals surface area contributed by atoms with Crippen LogP contribution in [0.25, 0.3) is 0 Å². The number of benzene rings is 1. The van der Waals surface area contributed by atoms with Gasteiger partial charge in [0.1, 0.15) is 5.75 Å². The fourth-order valence-electron chi connectivity index (χ4n) is 2.73. The van der Waals surface area contributed by atoms with Gasteiger partial charge in [0.25, 0.3) is 0 Å². The van der Waals surface area contributed by atoms with E-state index in [1.165, 1.54) is 0 Å². The van der Waals surface area contributed by atoms with E-state index >= 15 is 0 Å². The van der Waals surface area contributed by atoms with E-state index in [1.807, 2.05) is 12.1 Å². The Labute approximate surface area is 96.9 Å². The zero-order valence-electron chi connectivity index (χ0n) is 10.0. The summed E-state index contributed by atoms with van der Waals surface area (Å²) in [5.41, 5.74) is 0.358. The minimum atomic E-state index is -0.624. The fourth-order valence-corrected chi connectivity index (χ4v) is 2.73. The average Bonchev–Trinajstić information content (AvgIpc) is 2.41. The molecule has 1 aliphatic carbocycles. The highest BCUT2D eigenvalue weighted by molar-refractivity contribution is 5.28. The first-order valence-electron chi connectivity index (χ1n) is 5.93. The topological polar surface area (TPSA) is 40.5 Å². The highest BCUT2D eigenvalue weighted by Crippen LogP contribution is 2.47. The molecule has 1 atom stereocenters. The third kappa shape index (κ3) is 1.94. The predicted octanol–water partition coefficient (Wildman–Crippen LogP) is 2.88. The van der Waals surface area contributed by atoms with Crippen molar-refractivity contribution < 1.29 is 10.2 Å². The van der Waals surface area contributed by atoms with Gasteiger partial charge in [0.2, 0.25) is 0 Å². The van der Waals surface area contributed by atoms with Crippen LogP contribution in [0.2, 0.25) is 0 Å². The Morgan fingerprint density at radius 1 is 1.25 bits per heavy atom. The van der Waals surface area contributed by atoms with Crippen molar-refractivity contribution in [2.75, 3.05) is 0 Å². The van der Waals surface area contributed by atoms with E-state index < -0.39 is 5.60 Å². The van der Waals surface area contributed by atoms with Gasteiger partial charge in [-0.15, -0.1) is 0 Å². The molecule has 1 aromatic rings. The lowest BCUT2D eigenvalue weighted by molar-refractivity contribution is -0.0419. The molecule has 0 amide bonds. The van der Waals surface area contributed by atoms with Crippen LogP contribution < -0.4 is 0 Å². The monoisotopic (exact) mass is 220 g/mol. The quantitative estimate of drug-likeness (QED) is 0.804. The van der Waals surface area contributed by atoms with Gasteiger partial charge in [-0.3, -0.25) is 0 Å². The van der Waals surface area contributed by atoms with Gasteiger partial charge >= 0.3 is 0 Å². The standard InChI is InChI=1S/C14H20O2/c1-13(2)7-4-8-14(13,16)10-11-5-3-6-12(15)9-11/h3,5-6,9,15-16H,4,7-8,10H2,1-2H3. The number of aromatic hydroxyl groups is 1. The van der Waals surface area contributed by atoms with Crippen LogP contribution in [0, 0.1) is 5.41 Å². The summed E-state index contributed by atoms with van der Waals surface area (Å²) in [6.07, 6.45) is 3.65. The third-order valence-electron chi connectivity index (χ3n) is 4.06. The van der Waals surface area contributed by atoms with Gasteiger partial charge in [0, 0.05) is 6.42 Å². The molecule has 2 rings (SSSR count). The molecule has 1 aliphatic rings. The van der Waals surface area contributed by atoms with Crippen LogP contribution in [-0.2, 0) is 6.42 Å². The van der Waals surface area contributed by atoms with Crippen LogP contribution in [0.4, 0.5) is 0 Å². The first-order valence-corrected chi connectivity index (χ1v) is 5.93. The largest absolute Gasteiger partial charge is 0.508 e. The lowest BCUT2D eigenvalue weighted by atomic mass is 9.74. The molecule has 1 saturated carbocycles. The smallest absolute Gasteiger partial charge is 0.115 e. The normalized spacial score (nSPS) is 28.2. The van der Waals surface area contributed by atoms with Gasteiger partial charge in [-0.2, -0.15) is 0 Å². The second-order valence-corrected chi connectivity index (χ2v) is 5.62. The summed E-state index contributed by atoms with van der Waals surface area (Å²) in [6.45, 7) is 4.26. The first kappa shape index (κ1) is 11.5. The second kappa shape index (κ2) is 3.77. The van der Waals surface area contributed by atoms with E-state index in [-0.39, 0.29) is 11.2 Å². The van der Waals surface area contributed by atoms with Crippen molar-refractivity contribution in [3.05, 3.63) is 29.8 Å². The minimum absolute atomic E-state index is 0.0293. The lowest BCUT2D eigenvalue weighted by Gasteiger charge is -2.37. The van der Waals surface area contributed by atoms with Crippen LogP contribution >= 0.6 is 0 Å². The van der Waals surface area contributed by atoms with Crippen molar-refractivity contribution in [2.45, 2.75) is 45.1 Å². The molecule has 88 valence electrons. The second-order valence-electron chi connectivity index (χ2n) is 5.62. The minimum Gasteiger partial charge on any atom is -0.508 e. The van der Waals surface area contributed by atoms with Gasteiger partial charge in [0.05, 0.1) is 5.60 Å². The molecule has 2 heteroatoms. The van der Waals surface area contributed by atoms with Crippen LogP contribution in [0.1, 0.15) is 38.7 Å². The van der Waals surface area contributed by atoms with Crippen LogP contribution in [0.5, 0.6) is 5.75 Å². The summed E-state index contributed by atoms with van der Waals surface area (Å²) >= 11 is 0. The summed E-state index contributed by atoms with van der Waals surface area (Å²) in [5, 5.41) is 20.1. The molecular weight excluding hydrogens is 200 g/mol. The number of phenolic OH excluding ortho intramolecular Hbond substituents is 1. The summed E-state index contributed by atoms with van der Waals surface area (Å²) in [7, 11) is 0. The summed E-state index contributed by atoms with van der Waals surface area (Å²) < 4.78 is 0. The maximum Gasteiger partial charge on any atom is 0.115 e. The van der Waals surface area contributed by atoms with Gasteiger partial charge in [-0.1, -0.05) is 26.0 Å². The van der Waals surface area contributed by atoms with E-state index in [1.54, 1.807) is 12.1 Å². The Morgan fingerprint density at radius 3 is 2.56 bits per heavy atom. The molecule has 0 aromatic heterocycles. The number of hydrogen-bond acceptors (Lipinski definition) is 2. The van der Waals surface area contributed by atoms with Gasteiger partial charge in [0.15, 0.2) is 0 Å². The van der Waals surface area contributed by atoms with E-state index in [9.17, 15) is 10.2 Å². The number of rotatable bonds is 2. The van der Waals surface area contributed by atoms with Crippen molar-refractivity contribution in [3.8, 4) is 5.75 Å². The SMILES string of the molecule is CC1(C)CCCC1(O)Cc1cccc(O)c1. The van der Waals surface area contributed by atoms with Crippen molar-refractivity contribution in [3.63, 3.8) is 0 Å². The number of aliphatic hydroxyl groups is 1.